The molecule has 184 valence electrons. The van der Waals surface area contributed by atoms with Crippen LogP contribution in [0.5, 0.6) is 0 Å². The lowest BCUT2D eigenvalue weighted by molar-refractivity contribution is -0.387. The molecule has 34 heavy (non-hydrogen) atoms. The van der Waals surface area contributed by atoms with Crippen molar-refractivity contribution >= 4 is 27.5 Å². The fourth-order valence-corrected chi connectivity index (χ4v) is 9.04. The second-order valence-corrected chi connectivity index (χ2v) is 12.5. The van der Waals surface area contributed by atoms with Gasteiger partial charge in [-0.1, -0.05) is 12.1 Å². The number of nitrogens with zero attached hydrogens (tertiary/aromatic N) is 3. The lowest BCUT2D eigenvalue weighted by atomic mass is 9.46. The zero-order valence-electron chi connectivity index (χ0n) is 19.2. The standard InChI is InChI=1S/C23H30N4O6S/c1-16(28)24-23-13-17-10-18(14-23)12-22(11-17,15-23)21(29)25-6-8-26(9-7-25)34(32,33)20-5-3-2-4-19(20)27(30)31/h2-5,17-18H,6-15H2,1H3,(H,24,28)/t17-,18+,22?,23?. The Hall–Kier alpha value is -2.53. The number of rotatable bonds is 5. The molecule has 4 aliphatic carbocycles. The van der Waals surface area contributed by atoms with Gasteiger partial charge in [0.05, 0.1) is 10.3 Å². The van der Waals surface area contributed by atoms with Gasteiger partial charge >= 0.3 is 0 Å². The summed E-state index contributed by atoms with van der Waals surface area (Å²) in [5.41, 5.74) is -1.24. The molecule has 6 rings (SSSR count). The van der Waals surface area contributed by atoms with Crippen LogP contribution < -0.4 is 5.32 Å². The number of para-hydroxylation sites is 1. The summed E-state index contributed by atoms with van der Waals surface area (Å²) < 4.78 is 27.5. The van der Waals surface area contributed by atoms with E-state index < -0.39 is 26.0 Å². The third-order valence-corrected chi connectivity index (χ3v) is 10.1. The molecular formula is C23H30N4O6S. The number of benzene rings is 1. The minimum Gasteiger partial charge on any atom is -0.351 e. The molecule has 4 saturated carbocycles. The maximum absolute atomic E-state index is 13.8. The fraction of sp³-hybridized carbons (Fsp3) is 0.652. The summed E-state index contributed by atoms with van der Waals surface area (Å²) in [5, 5.41) is 14.5. The van der Waals surface area contributed by atoms with Gasteiger partial charge in [0.2, 0.25) is 21.8 Å². The molecule has 5 fully saturated rings. The molecule has 4 atom stereocenters. The average molecular weight is 491 g/mol. The Labute approximate surface area is 198 Å². The number of hydrogen-bond donors (Lipinski definition) is 1. The highest BCUT2D eigenvalue weighted by Crippen LogP contribution is 2.62. The molecule has 5 aliphatic rings. The summed E-state index contributed by atoms with van der Waals surface area (Å²) in [4.78, 5) is 37.8. The van der Waals surface area contributed by atoms with Crippen LogP contribution in [0, 0.1) is 27.4 Å². The van der Waals surface area contributed by atoms with E-state index in [1.54, 1.807) is 4.90 Å². The van der Waals surface area contributed by atoms with Crippen LogP contribution in [0.3, 0.4) is 0 Å². The summed E-state index contributed by atoms with van der Waals surface area (Å²) in [6.07, 6.45) is 5.29. The molecule has 11 heteroatoms. The van der Waals surface area contributed by atoms with Gasteiger partial charge in [-0.15, -0.1) is 0 Å². The van der Waals surface area contributed by atoms with Gasteiger partial charge in [0.25, 0.3) is 5.69 Å². The van der Waals surface area contributed by atoms with E-state index >= 15 is 0 Å². The second kappa shape index (κ2) is 8.01. The van der Waals surface area contributed by atoms with Crippen LogP contribution in [0.1, 0.15) is 45.4 Å². The van der Waals surface area contributed by atoms with Gasteiger partial charge in [-0.25, -0.2) is 8.42 Å². The number of nitro benzene ring substituents is 1. The minimum atomic E-state index is -4.05. The lowest BCUT2D eigenvalue weighted by Crippen LogP contribution is -2.66. The van der Waals surface area contributed by atoms with E-state index in [0.29, 0.717) is 18.3 Å². The van der Waals surface area contributed by atoms with Gasteiger partial charge in [0.1, 0.15) is 0 Å². The van der Waals surface area contributed by atoms with Crippen LogP contribution in [0.25, 0.3) is 0 Å². The maximum atomic E-state index is 13.8. The molecule has 0 radical (unpaired) electrons. The van der Waals surface area contributed by atoms with E-state index in [-0.39, 0.29) is 48.4 Å². The first kappa shape index (κ1) is 23.2. The third kappa shape index (κ3) is 3.78. The van der Waals surface area contributed by atoms with E-state index in [0.717, 1.165) is 32.1 Å². The Morgan fingerprint density at radius 1 is 1.06 bits per heavy atom. The van der Waals surface area contributed by atoms with Crippen molar-refractivity contribution in [1.29, 1.82) is 0 Å². The molecule has 1 N–H and O–H groups in total. The normalized spacial score (nSPS) is 33.0. The Kier molecular flexibility index (Phi) is 5.47. The molecule has 10 nitrogen and oxygen atoms in total. The second-order valence-electron chi connectivity index (χ2n) is 10.6. The maximum Gasteiger partial charge on any atom is 0.289 e. The van der Waals surface area contributed by atoms with Crippen molar-refractivity contribution in [3.05, 3.63) is 34.4 Å². The Morgan fingerprint density at radius 2 is 1.68 bits per heavy atom. The van der Waals surface area contributed by atoms with E-state index in [1.165, 1.54) is 35.5 Å². The monoisotopic (exact) mass is 490 g/mol. The number of nitrogens with one attached hydrogen (secondary N) is 1. The van der Waals surface area contributed by atoms with Gasteiger partial charge in [0, 0.05) is 44.7 Å². The summed E-state index contributed by atoms with van der Waals surface area (Å²) in [6.45, 7) is 2.23. The van der Waals surface area contributed by atoms with Crippen molar-refractivity contribution in [2.45, 2.75) is 55.9 Å². The summed E-state index contributed by atoms with van der Waals surface area (Å²) in [6, 6.07) is 5.34. The van der Waals surface area contributed by atoms with Crippen LogP contribution in [0.4, 0.5) is 5.69 Å². The molecule has 2 amide bonds. The van der Waals surface area contributed by atoms with Crippen molar-refractivity contribution < 1.29 is 22.9 Å². The number of carbonyl (C=O) groups is 2. The number of nitro groups is 1. The molecule has 0 spiro atoms. The third-order valence-electron chi connectivity index (χ3n) is 8.16. The largest absolute Gasteiger partial charge is 0.351 e. The van der Waals surface area contributed by atoms with E-state index in [4.69, 9.17) is 0 Å². The zero-order valence-corrected chi connectivity index (χ0v) is 20.1. The summed E-state index contributed by atoms with van der Waals surface area (Å²) >= 11 is 0. The predicted octanol–water partition coefficient (Wildman–Crippen LogP) is 1.90. The van der Waals surface area contributed by atoms with Gasteiger partial charge in [-0.3, -0.25) is 19.7 Å². The minimum absolute atomic E-state index is 0.0571. The Balaban J connectivity index is 1.31. The summed E-state index contributed by atoms with van der Waals surface area (Å²) in [7, 11) is -4.05. The molecule has 0 aromatic heterocycles. The van der Waals surface area contributed by atoms with Gasteiger partial charge in [0.15, 0.2) is 4.90 Å². The van der Waals surface area contributed by atoms with Gasteiger partial charge < -0.3 is 10.2 Å². The fourth-order valence-electron chi connectivity index (χ4n) is 7.46. The Bertz CT molecular complexity index is 1130. The van der Waals surface area contributed by atoms with Crippen LogP contribution in [-0.4, -0.2) is 66.1 Å². The van der Waals surface area contributed by atoms with E-state index in [9.17, 15) is 28.1 Å². The van der Waals surface area contributed by atoms with Crippen molar-refractivity contribution in [2.75, 3.05) is 26.2 Å². The van der Waals surface area contributed by atoms with E-state index in [2.05, 4.69) is 5.32 Å². The number of amides is 2. The molecule has 2 unspecified atom stereocenters. The average Bonchev–Trinajstić information content (AvgIpc) is 2.77. The van der Waals surface area contributed by atoms with Gasteiger partial charge in [-0.05, 0) is 56.4 Å². The first-order valence-corrected chi connectivity index (χ1v) is 13.3. The number of hydrogen-bond acceptors (Lipinski definition) is 6. The molecular weight excluding hydrogens is 460 g/mol. The first-order chi connectivity index (χ1) is 16.0. The SMILES string of the molecule is CC(=O)NC12C[C@H]3C[C@@H](C1)CC(C(=O)N1CCN(S(=O)(=O)c4ccccc4[N+](=O)[O-])CC1)(C3)C2. The molecule has 1 aromatic rings. The lowest BCUT2D eigenvalue weighted by Gasteiger charge is -2.62. The highest BCUT2D eigenvalue weighted by atomic mass is 32.2. The topological polar surface area (TPSA) is 130 Å². The quantitative estimate of drug-likeness (QED) is 0.496. The molecule has 1 saturated heterocycles. The number of sulfonamides is 1. The number of carbonyl (C=O) groups excluding carboxylic acids is 2. The van der Waals surface area contributed by atoms with Crippen LogP contribution >= 0.6 is 0 Å². The van der Waals surface area contributed by atoms with Gasteiger partial charge in [-0.2, -0.15) is 4.31 Å². The molecule has 1 aliphatic heterocycles. The van der Waals surface area contributed by atoms with E-state index in [1.807, 2.05) is 0 Å². The van der Waals surface area contributed by atoms with Crippen LogP contribution in [-0.2, 0) is 19.6 Å². The van der Waals surface area contributed by atoms with Crippen LogP contribution in [0.2, 0.25) is 0 Å². The Morgan fingerprint density at radius 3 is 2.26 bits per heavy atom. The molecule has 4 bridgehead atoms. The highest BCUT2D eigenvalue weighted by molar-refractivity contribution is 7.89. The van der Waals surface area contributed by atoms with Crippen LogP contribution in [0.15, 0.2) is 29.2 Å². The number of piperazine rings is 1. The zero-order chi connectivity index (χ0) is 24.3. The van der Waals surface area contributed by atoms with Crippen molar-refractivity contribution in [3.63, 3.8) is 0 Å². The van der Waals surface area contributed by atoms with Crippen molar-refractivity contribution in [3.8, 4) is 0 Å². The summed E-state index contributed by atoms with van der Waals surface area (Å²) in [5.74, 6) is 0.868. The molecule has 1 aromatic carbocycles. The van der Waals surface area contributed by atoms with Crippen molar-refractivity contribution in [1.82, 2.24) is 14.5 Å². The highest BCUT2D eigenvalue weighted by Gasteiger charge is 2.61. The predicted molar refractivity (Wildman–Crippen MR) is 122 cm³/mol. The first-order valence-electron chi connectivity index (χ1n) is 11.9. The molecule has 1 heterocycles. The smallest absolute Gasteiger partial charge is 0.289 e. The van der Waals surface area contributed by atoms with Crippen molar-refractivity contribution in [2.24, 2.45) is 17.3 Å².